The lowest BCUT2D eigenvalue weighted by Crippen LogP contribution is -2.34. The Labute approximate surface area is 186 Å². The number of carbonyl (C=O) groups is 1. The molecule has 0 aliphatic carbocycles. The van der Waals surface area contributed by atoms with Crippen LogP contribution in [-0.2, 0) is 18.3 Å². The molecular weight excluding hydrogens is 413 g/mol. The zero-order chi connectivity index (χ0) is 20.3. The fraction of sp³-hybridized carbons (Fsp3) is 0.650. The fourth-order valence-corrected chi connectivity index (χ4v) is 3.33. The van der Waals surface area contributed by atoms with E-state index in [4.69, 9.17) is 10.5 Å². The van der Waals surface area contributed by atoms with Gasteiger partial charge in [0.15, 0.2) is 5.65 Å². The van der Waals surface area contributed by atoms with E-state index in [0.29, 0.717) is 31.2 Å². The first kappa shape index (κ1) is 27.4. The van der Waals surface area contributed by atoms with E-state index in [9.17, 15) is 4.79 Å². The van der Waals surface area contributed by atoms with Gasteiger partial charge in [-0.15, -0.1) is 29.9 Å². The highest BCUT2D eigenvalue weighted by atomic mass is 35.5. The van der Waals surface area contributed by atoms with Crippen LogP contribution < -0.4 is 10.5 Å². The van der Waals surface area contributed by atoms with Crippen LogP contribution in [0.15, 0.2) is 0 Å². The van der Waals surface area contributed by atoms with Gasteiger partial charge in [-0.05, 0) is 43.7 Å². The van der Waals surface area contributed by atoms with Crippen LogP contribution in [0.25, 0.3) is 11.0 Å². The number of ether oxygens (including phenoxy) is 1. The number of methoxy groups -OCH3 is 1. The number of amides is 1. The monoisotopic (exact) mass is 447 g/mol. The number of nitrogens with two attached hydrogens (primary N) is 1. The molecule has 0 saturated carbocycles. The van der Waals surface area contributed by atoms with Gasteiger partial charge in [-0.1, -0.05) is 13.8 Å². The van der Waals surface area contributed by atoms with Gasteiger partial charge >= 0.3 is 0 Å². The van der Waals surface area contributed by atoms with Crippen molar-refractivity contribution < 1.29 is 9.53 Å². The number of carbonyl (C=O) groups excluding carboxylic acids is 1. The number of rotatable bonds is 8. The molecule has 2 rings (SSSR count). The SMILES string of the molecule is COc1nn(C)c2nc(C)c(CCC(=O)N(C)CCC(N)C(C)C)c(C)c12.Cl.Cl. The fourth-order valence-electron chi connectivity index (χ4n) is 3.33. The van der Waals surface area contributed by atoms with Crippen molar-refractivity contribution in [2.45, 2.75) is 53.0 Å². The maximum atomic E-state index is 12.5. The number of aromatic nitrogens is 3. The molecular formula is C20H35Cl2N5O2. The first-order chi connectivity index (χ1) is 12.7. The van der Waals surface area contributed by atoms with Crippen molar-refractivity contribution in [1.82, 2.24) is 19.7 Å². The zero-order valence-electron chi connectivity index (χ0n) is 18.5. The maximum absolute atomic E-state index is 12.5. The van der Waals surface area contributed by atoms with Crippen LogP contribution in [0.4, 0.5) is 0 Å². The molecule has 29 heavy (non-hydrogen) atoms. The van der Waals surface area contributed by atoms with E-state index < -0.39 is 0 Å². The third-order valence-corrected chi connectivity index (χ3v) is 5.38. The topological polar surface area (TPSA) is 86.3 Å². The summed E-state index contributed by atoms with van der Waals surface area (Å²) in [6.45, 7) is 8.93. The maximum Gasteiger partial charge on any atom is 0.242 e. The van der Waals surface area contributed by atoms with Crippen LogP contribution in [0.1, 0.15) is 43.5 Å². The highest BCUT2D eigenvalue weighted by Gasteiger charge is 2.19. The summed E-state index contributed by atoms with van der Waals surface area (Å²) in [4.78, 5) is 19.0. The predicted molar refractivity (Wildman–Crippen MR) is 122 cm³/mol. The van der Waals surface area contributed by atoms with Crippen molar-refractivity contribution in [1.29, 1.82) is 0 Å². The van der Waals surface area contributed by atoms with Gasteiger partial charge < -0.3 is 15.4 Å². The minimum atomic E-state index is 0. The first-order valence-electron chi connectivity index (χ1n) is 9.53. The Balaban J connectivity index is 0.00000392. The Bertz CT molecular complexity index is 823. The molecule has 1 atom stereocenters. The van der Waals surface area contributed by atoms with E-state index in [0.717, 1.165) is 34.3 Å². The van der Waals surface area contributed by atoms with Crippen LogP contribution in [0.5, 0.6) is 5.88 Å². The number of pyridine rings is 1. The Morgan fingerprint density at radius 2 is 1.90 bits per heavy atom. The third-order valence-electron chi connectivity index (χ3n) is 5.38. The Hall–Kier alpha value is -1.57. The summed E-state index contributed by atoms with van der Waals surface area (Å²) >= 11 is 0. The van der Waals surface area contributed by atoms with E-state index in [1.807, 2.05) is 27.9 Å². The van der Waals surface area contributed by atoms with E-state index in [1.54, 1.807) is 16.7 Å². The summed E-state index contributed by atoms with van der Waals surface area (Å²) in [5, 5.41) is 5.30. The number of nitrogens with zero attached hydrogens (tertiary/aromatic N) is 4. The molecule has 0 radical (unpaired) electrons. The van der Waals surface area contributed by atoms with E-state index in [2.05, 4.69) is 23.9 Å². The van der Waals surface area contributed by atoms with Gasteiger partial charge in [0.25, 0.3) is 0 Å². The van der Waals surface area contributed by atoms with Crippen LogP contribution in [0, 0.1) is 19.8 Å². The highest BCUT2D eigenvalue weighted by molar-refractivity contribution is 5.86. The number of aryl methyl sites for hydroxylation is 3. The highest BCUT2D eigenvalue weighted by Crippen LogP contribution is 2.30. The second kappa shape index (κ2) is 11.6. The molecule has 2 aromatic rings. The molecule has 2 N–H and O–H groups in total. The number of halogens is 2. The van der Waals surface area contributed by atoms with Crippen LogP contribution in [0.3, 0.4) is 0 Å². The zero-order valence-corrected chi connectivity index (χ0v) is 20.1. The molecule has 2 aromatic heterocycles. The van der Waals surface area contributed by atoms with Gasteiger partial charge in [-0.3, -0.25) is 4.79 Å². The lowest BCUT2D eigenvalue weighted by atomic mass is 9.99. The van der Waals surface area contributed by atoms with Crippen molar-refractivity contribution in [3.63, 3.8) is 0 Å². The molecule has 0 bridgehead atoms. The van der Waals surface area contributed by atoms with Crippen molar-refractivity contribution in [3.8, 4) is 5.88 Å². The van der Waals surface area contributed by atoms with Crippen molar-refractivity contribution >= 4 is 41.8 Å². The average molecular weight is 448 g/mol. The quantitative estimate of drug-likeness (QED) is 0.670. The van der Waals surface area contributed by atoms with E-state index in [-0.39, 0.29) is 36.8 Å². The van der Waals surface area contributed by atoms with Gasteiger partial charge in [0, 0.05) is 38.8 Å². The molecule has 7 nitrogen and oxygen atoms in total. The van der Waals surface area contributed by atoms with Gasteiger partial charge in [0.1, 0.15) is 0 Å². The van der Waals surface area contributed by atoms with E-state index in [1.165, 1.54) is 0 Å². The Morgan fingerprint density at radius 3 is 2.45 bits per heavy atom. The predicted octanol–water partition coefficient (Wildman–Crippen LogP) is 3.20. The van der Waals surface area contributed by atoms with Crippen LogP contribution >= 0.6 is 24.8 Å². The van der Waals surface area contributed by atoms with Gasteiger partial charge in [0.05, 0.1) is 12.5 Å². The summed E-state index contributed by atoms with van der Waals surface area (Å²) in [5.41, 5.74) is 10.00. The molecule has 0 aliphatic rings. The molecule has 0 aliphatic heterocycles. The Morgan fingerprint density at radius 1 is 1.28 bits per heavy atom. The normalized spacial score (nSPS) is 11.8. The van der Waals surface area contributed by atoms with Gasteiger partial charge in [-0.25, -0.2) is 9.67 Å². The molecule has 166 valence electrons. The second-order valence-corrected chi connectivity index (χ2v) is 7.64. The molecule has 0 saturated heterocycles. The molecule has 0 spiro atoms. The van der Waals surface area contributed by atoms with Gasteiger partial charge in [-0.2, -0.15) is 0 Å². The van der Waals surface area contributed by atoms with Crippen LogP contribution in [0.2, 0.25) is 0 Å². The molecule has 9 heteroatoms. The number of hydrogen-bond acceptors (Lipinski definition) is 5. The van der Waals surface area contributed by atoms with Crippen molar-refractivity contribution in [2.24, 2.45) is 18.7 Å². The van der Waals surface area contributed by atoms with E-state index >= 15 is 0 Å². The largest absolute Gasteiger partial charge is 0.479 e. The lowest BCUT2D eigenvalue weighted by Gasteiger charge is -2.22. The van der Waals surface area contributed by atoms with Crippen LogP contribution in [-0.4, -0.2) is 52.3 Å². The molecule has 1 amide bonds. The minimum Gasteiger partial charge on any atom is -0.479 e. The first-order valence-corrected chi connectivity index (χ1v) is 9.53. The lowest BCUT2D eigenvalue weighted by molar-refractivity contribution is -0.129. The Kier molecular flexibility index (Phi) is 10.9. The summed E-state index contributed by atoms with van der Waals surface area (Å²) in [5.74, 6) is 1.12. The molecule has 2 heterocycles. The molecule has 0 fully saturated rings. The molecule has 0 aromatic carbocycles. The summed E-state index contributed by atoms with van der Waals surface area (Å²) in [7, 11) is 5.32. The van der Waals surface area contributed by atoms with Crippen molar-refractivity contribution in [2.75, 3.05) is 20.7 Å². The number of fused-ring (bicyclic) bond motifs is 1. The van der Waals surface area contributed by atoms with Gasteiger partial charge in [0.2, 0.25) is 11.8 Å². The summed E-state index contributed by atoms with van der Waals surface area (Å²) in [6.07, 6.45) is 1.92. The standard InChI is InChI=1S/C20H33N5O2.2ClH/c1-12(2)16(21)10-11-24(5)17(26)9-8-15-13(3)18-19(22-14(15)4)25(6)23-20(18)27-7;;/h12,16H,8-11,21H2,1-7H3;2*1H. The van der Waals surface area contributed by atoms with Crippen molar-refractivity contribution in [3.05, 3.63) is 16.8 Å². The average Bonchev–Trinajstić information content (AvgIpc) is 2.94. The summed E-state index contributed by atoms with van der Waals surface area (Å²) < 4.78 is 7.13. The molecule has 1 unspecified atom stereocenters. The second-order valence-electron chi connectivity index (χ2n) is 7.64. The summed E-state index contributed by atoms with van der Waals surface area (Å²) in [6, 6.07) is 0.120. The smallest absolute Gasteiger partial charge is 0.242 e. The third kappa shape index (κ3) is 6.20. The number of hydrogen-bond donors (Lipinski definition) is 1. The minimum absolute atomic E-state index is 0.